The summed E-state index contributed by atoms with van der Waals surface area (Å²) in [4.78, 5) is 38.1. The molecule has 2 atom stereocenters. The highest BCUT2D eigenvalue weighted by atomic mass is 16.3. The van der Waals surface area contributed by atoms with Crippen molar-refractivity contribution in [2.75, 3.05) is 32.2 Å². The number of nitrogens with zero attached hydrogens (tertiary/aromatic N) is 4. The predicted octanol–water partition coefficient (Wildman–Crippen LogP) is 1.68. The fraction of sp³-hybridized carbons (Fsp3) is 0.480. The molecule has 1 aliphatic carbocycles. The molecular formula is C25H34B2N6O4. The minimum absolute atomic E-state index is 0.0842. The van der Waals surface area contributed by atoms with Crippen LogP contribution in [-0.2, 0) is 13.5 Å². The van der Waals surface area contributed by atoms with E-state index >= 15 is 0 Å². The summed E-state index contributed by atoms with van der Waals surface area (Å²) in [6.07, 6.45) is 6.70. The van der Waals surface area contributed by atoms with Crippen molar-refractivity contribution in [1.29, 1.82) is 0 Å². The van der Waals surface area contributed by atoms with Crippen molar-refractivity contribution in [1.82, 2.24) is 19.7 Å². The topological polar surface area (TPSA) is 143 Å². The Balaban J connectivity index is 0.000000228. The number of rotatable bonds is 5. The second-order valence-electron chi connectivity index (χ2n) is 10.3. The van der Waals surface area contributed by atoms with E-state index in [1.54, 1.807) is 0 Å². The summed E-state index contributed by atoms with van der Waals surface area (Å²) in [6, 6.07) is 1.35. The zero-order chi connectivity index (χ0) is 28.1. The fourth-order valence-electron chi connectivity index (χ4n) is 4.23. The molecule has 0 aliphatic heterocycles. The van der Waals surface area contributed by atoms with E-state index in [2.05, 4.69) is 35.4 Å². The Bertz CT molecular complexity index is 1290. The number of anilines is 3. The molecule has 1 aromatic carbocycles. The summed E-state index contributed by atoms with van der Waals surface area (Å²) in [5.41, 5.74) is 6.07. The Morgan fingerprint density at radius 1 is 1.24 bits per heavy atom. The van der Waals surface area contributed by atoms with Gasteiger partial charge < -0.3 is 21.1 Å². The van der Waals surface area contributed by atoms with Crippen molar-refractivity contribution < 1.29 is 9.90 Å². The summed E-state index contributed by atoms with van der Waals surface area (Å²) >= 11 is 0. The van der Waals surface area contributed by atoms with E-state index in [4.69, 9.17) is 21.4 Å². The number of aryl methyl sites for hydroxylation is 2. The number of aromatic nitrogens is 3. The number of hydrogen-bond acceptors (Lipinski definition) is 9. The van der Waals surface area contributed by atoms with Gasteiger partial charge in [-0.2, -0.15) is 5.10 Å². The molecule has 4 rings (SSSR count). The van der Waals surface area contributed by atoms with Crippen molar-refractivity contribution in [2.24, 2.45) is 12.5 Å². The molecule has 1 saturated carbocycles. The number of nitrogen functional groups attached to an aromatic ring is 1. The van der Waals surface area contributed by atoms with E-state index in [1.807, 2.05) is 37.8 Å². The number of pyridine rings is 1. The molecule has 3 aromatic rings. The van der Waals surface area contributed by atoms with E-state index in [-0.39, 0.29) is 39.8 Å². The fourth-order valence-corrected chi connectivity index (χ4v) is 4.23. The van der Waals surface area contributed by atoms with Gasteiger partial charge in [-0.15, -0.1) is 0 Å². The van der Waals surface area contributed by atoms with Crippen molar-refractivity contribution >= 4 is 39.0 Å². The number of aldehydes is 1. The van der Waals surface area contributed by atoms with Gasteiger partial charge in [0.15, 0.2) is 12.0 Å². The number of aromatic hydroxyl groups is 1. The van der Waals surface area contributed by atoms with E-state index in [1.165, 1.54) is 23.5 Å². The van der Waals surface area contributed by atoms with Gasteiger partial charge in [-0.1, -0.05) is 31.4 Å². The first-order valence-corrected chi connectivity index (χ1v) is 11.8. The van der Waals surface area contributed by atoms with Crippen LogP contribution >= 0.6 is 0 Å². The minimum Gasteiger partial charge on any atom is -0.504 e. The lowest BCUT2D eigenvalue weighted by Gasteiger charge is -2.23. The maximum Gasteiger partial charge on any atom is 0.253 e. The second kappa shape index (κ2) is 12.2. The molecule has 37 heavy (non-hydrogen) atoms. The van der Waals surface area contributed by atoms with Crippen LogP contribution in [0.15, 0.2) is 28.0 Å². The van der Waals surface area contributed by atoms with Crippen LogP contribution < -0.4 is 21.9 Å². The first-order chi connectivity index (χ1) is 17.2. The molecular weight excluding hydrogens is 470 g/mol. The zero-order valence-electron chi connectivity index (χ0n) is 22.3. The van der Waals surface area contributed by atoms with E-state index < -0.39 is 16.6 Å². The first kappa shape index (κ1) is 29.8. The van der Waals surface area contributed by atoms with Crippen molar-refractivity contribution in [3.05, 3.63) is 55.9 Å². The number of nitrogens with two attached hydrogens (primary N) is 1. The summed E-state index contributed by atoms with van der Waals surface area (Å²) < 4.78 is 1.88. The highest BCUT2D eigenvalue weighted by molar-refractivity contribution is 6.21. The maximum absolute atomic E-state index is 11.1. The second-order valence-corrected chi connectivity index (χ2v) is 10.3. The Labute approximate surface area is 219 Å². The van der Waals surface area contributed by atoms with Crippen molar-refractivity contribution in [3.8, 4) is 5.75 Å². The van der Waals surface area contributed by atoms with Crippen molar-refractivity contribution in [3.63, 3.8) is 0 Å². The summed E-state index contributed by atoms with van der Waals surface area (Å²) in [5, 5.41) is 16.6. The van der Waals surface area contributed by atoms with Gasteiger partial charge in [0.1, 0.15) is 17.1 Å². The van der Waals surface area contributed by atoms with E-state index in [9.17, 15) is 19.5 Å². The highest BCUT2D eigenvalue weighted by Crippen LogP contribution is 2.50. The lowest BCUT2D eigenvalue weighted by molar-refractivity contribution is 0.111. The molecule has 0 amide bonds. The van der Waals surface area contributed by atoms with Gasteiger partial charge in [-0.25, -0.2) is 4.98 Å². The molecule has 4 radical (unpaired) electrons. The number of nitrogens with one attached hydrogen (secondary N) is 1. The summed E-state index contributed by atoms with van der Waals surface area (Å²) in [7, 11) is 20.0. The minimum atomic E-state index is -0.767. The molecule has 2 unspecified atom stereocenters. The van der Waals surface area contributed by atoms with Crippen molar-refractivity contribution in [2.45, 2.75) is 44.7 Å². The molecule has 2 heterocycles. The number of carbonyl (C=O) groups is 1. The molecule has 2 aromatic heterocycles. The smallest absolute Gasteiger partial charge is 0.253 e. The van der Waals surface area contributed by atoms with Gasteiger partial charge in [0.05, 0.1) is 27.1 Å². The Hall–Kier alpha value is -3.40. The molecule has 4 N–H and O–H groups in total. The molecule has 0 spiro atoms. The maximum atomic E-state index is 11.1. The van der Waals surface area contributed by atoms with Gasteiger partial charge in [0.25, 0.3) is 10.9 Å². The number of carbonyl (C=O) groups excluding carboxylic acids is 1. The third-order valence-corrected chi connectivity index (χ3v) is 5.99. The molecule has 0 bridgehead atoms. The quantitative estimate of drug-likeness (QED) is 0.269. The van der Waals surface area contributed by atoms with Crippen LogP contribution in [0.1, 0.15) is 41.5 Å². The van der Waals surface area contributed by atoms with Gasteiger partial charge in [-0.05, 0) is 51.5 Å². The van der Waals surface area contributed by atoms with Crippen LogP contribution in [-0.4, -0.2) is 67.9 Å². The molecule has 10 nitrogen and oxygen atoms in total. The normalized spacial score (nSPS) is 20.6. The Morgan fingerprint density at radius 3 is 2.27 bits per heavy atom. The molecule has 1 aliphatic rings. The van der Waals surface area contributed by atoms with Crippen LogP contribution in [0, 0.1) is 12.3 Å². The zero-order valence-corrected chi connectivity index (χ0v) is 22.3. The van der Waals surface area contributed by atoms with Gasteiger partial charge in [0, 0.05) is 19.4 Å². The van der Waals surface area contributed by atoms with Crippen LogP contribution in [0.5, 0.6) is 5.75 Å². The summed E-state index contributed by atoms with van der Waals surface area (Å²) in [6.45, 7) is 4.38. The standard InChI is InChI=1S/C12H18B2N2.C10H7N3O4.C3H9N/c1-8-7-16(3)15-11(8)6-12(2)4-9(13)10(14)5-12;11-6-7(10(17)9(6)16)13-4-1-2-12-5(3-14)8(4)15;1-4(2)3/h7,9-10H,4-6H2,1-3H3;1-3,15H,11H2,(H,12,13);1-3H3. The Kier molecular flexibility index (Phi) is 9.86. The Morgan fingerprint density at radius 2 is 1.81 bits per heavy atom. The predicted molar refractivity (Wildman–Crippen MR) is 148 cm³/mol. The largest absolute Gasteiger partial charge is 0.504 e. The SMILES string of the molecule is CN(C)C.Nc1c(Nc2ccnc(C=O)c2O)c(=O)c1=O.[B]C1CC(C)(Cc2nn(C)cc2C)CC1[B]. The average Bonchev–Trinajstić information content (AvgIpc) is 3.26. The van der Waals surface area contributed by atoms with Gasteiger partial charge >= 0.3 is 0 Å². The van der Waals surface area contributed by atoms with Crippen LogP contribution in [0.2, 0.25) is 11.6 Å². The molecule has 12 heteroatoms. The lowest BCUT2D eigenvalue weighted by atomic mass is 9.69. The third-order valence-electron chi connectivity index (χ3n) is 5.99. The van der Waals surface area contributed by atoms with E-state index in [0.717, 1.165) is 19.3 Å². The van der Waals surface area contributed by atoms with Crippen LogP contribution in [0.25, 0.3) is 0 Å². The van der Waals surface area contributed by atoms with Gasteiger partial charge in [-0.3, -0.25) is 19.1 Å². The average molecular weight is 504 g/mol. The monoisotopic (exact) mass is 504 g/mol. The molecule has 0 saturated heterocycles. The third kappa shape index (κ3) is 7.55. The molecule has 1 fully saturated rings. The first-order valence-electron chi connectivity index (χ1n) is 11.8. The van der Waals surface area contributed by atoms with Gasteiger partial charge in [0.2, 0.25) is 0 Å². The van der Waals surface area contributed by atoms with Crippen LogP contribution in [0.4, 0.5) is 17.1 Å². The van der Waals surface area contributed by atoms with Crippen LogP contribution in [0.3, 0.4) is 0 Å². The van der Waals surface area contributed by atoms with E-state index in [0.29, 0.717) is 6.29 Å². The number of hydrogen-bond donors (Lipinski definition) is 3. The summed E-state index contributed by atoms with van der Waals surface area (Å²) in [5.74, 6) is -0.113. The lowest BCUT2D eigenvalue weighted by Crippen LogP contribution is -2.36. The molecule has 194 valence electrons. The highest BCUT2D eigenvalue weighted by Gasteiger charge is 2.37.